The van der Waals surface area contributed by atoms with Gasteiger partial charge >= 0.3 is 0 Å². The average Bonchev–Trinajstić information content (AvgIpc) is 2.36. The number of benzene rings is 1. The van der Waals surface area contributed by atoms with Gasteiger partial charge in [0.15, 0.2) is 5.15 Å². The van der Waals surface area contributed by atoms with Crippen molar-refractivity contribution in [2.45, 2.75) is 20.0 Å². The number of halogens is 4. The molecular weight excluding hydrogens is 326 g/mol. The molecule has 0 atom stereocenters. The van der Waals surface area contributed by atoms with E-state index in [0.717, 1.165) is 6.07 Å². The molecule has 0 saturated heterocycles. The van der Waals surface area contributed by atoms with Crippen LogP contribution in [0, 0.1) is 5.82 Å². The van der Waals surface area contributed by atoms with Crippen molar-refractivity contribution in [2.24, 2.45) is 0 Å². The number of hydrogen-bond acceptors (Lipinski definition) is 3. The zero-order valence-corrected chi connectivity index (χ0v) is 12.9. The van der Waals surface area contributed by atoms with E-state index in [0.29, 0.717) is 5.75 Å². The first-order valence-electron chi connectivity index (χ1n) is 5.72. The fourth-order valence-corrected chi connectivity index (χ4v) is 2.12. The first-order valence-corrected chi connectivity index (χ1v) is 6.85. The SMILES string of the molecule is CC(C)Oc1cc(-c2ncnc(Cl)c2Cl)c(F)cc1Cl. The molecule has 0 amide bonds. The van der Waals surface area contributed by atoms with Crippen molar-refractivity contribution in [3.8, 4) is 17.0 Å². The summed E-state index contributed by atoms with van der Waals surface area (Å²) < 4.78 is 19.6. The summed E-state index contributed by atoms with van der Waals surface area (Å²) in [7, 11) is 0. The molecule has 7 heteroatoms. The van der Waals surface area contributed by atoms with E-state index in [2.05, 4.69) is 9.97 Å². The Morgan fingerprint density at radius 1 is 1.15 bits per heavy atom. The highest BCUT2D eigenvalue weighted by Gasteiger charge is 2.17. The number of hydrogen-bond donors (Lipinski definition) is 0. The molecule has 0 radical (unpaired) electrons. The van der Waals surface area contributed by atoms with Gasteiger partial charge in [0.25, 0.3) is 0 Å². The highest BCUT2D eigenvalue weighted by atomic mass is 35.5. The van der Waals surface area contributed by atoms with Crippen LogP contribution in [0.1, 0.15) is 13.8 Å². The molecule has 1 aromatic carbocycles. The number of nitrogens with zero attached hydrogens (tertiary/aromatic N) is 2. The van der Waals surface area contributed by atoms with Gasteiger partial charge in [0.2, 0.25) is 0 Å². The van der Waals surface area contributed by atoms with Crippen molar-refractivity contribution in [1.29, 1.82) is 0 Å². The Morgan fingerprint density at radius 2 is 1.85 bits per heavy atom. The maximum atomic E-state index is 14.1. The summed E-state index contributed by atoms with van der Waals surface area (Å²) >= 11 is 17.8. The van der Waals surface area contributed by atoms with Crippen LogP contribution in [-0.4, -0.2) is 16.1 Å². The third-order valence-corrected chi connectivity index (χ3v) is 3.42. The Hall–Kier alpha value is -1.10. The average molecular weight is 336 g/mol. The van der Waals surface area contributed by atoms with Crippen LogP contribution in [-0.2, 0) is 0 Å². The number of rotatable bonds is 3. The minimum Gasteiger partial charge on any atom is -0.489 e. The van der Waals surface area contributed by atoms with Gasteiger partial charge in [-0.25, -0.2) is 14.4 Å². The van der Waals surface area contributed by atoms with Crippen molar-refractivity contribution in [1.82, 2.24) is 9.97 Å². The first-order chi connectivity index (χ1) is 9.40. The minimum absolute atomic E-state index is 0.0531. The summed E-state index contributed by atoms with van der Waals surface area (Å²) in [5, 5.41) is 0.305. The molecule has 20 heavy (non-hydrogen) atoms. The quantitative estimate of drug-likeness (QED) is 0.738. The molecule has 0 saturated carbocycles. The topological polar surface area (TPSA) is 35.0 Å². The third kappa shape index (κ3) is 3.14. The Labute approximate surface area is 130 Å². The Kier molecular flexibility index (Phi) is 4.68. The van der Waals surface area contributed by atoms with E-state index < -0.39 is 5.82 Å². The van der Waals surface area contributed by atoms with Crippen molar-refractivity contribution in [2.75, 3.05) is 0 Å². The van der Waals surface area contributed by atoms with Crippen LogP contribution in [0.5, 0.6) is 5.75 Å². The molecule has 0 spiro atoms. The maximum absolute atomic E-state index is 14.1. The molecule has 0 aliphatic rings. The first kappa shape index (κ1) is 15.3. The van der Waals surface area contributed by atoms with Crippen LogP contribution < -0.4 is 4.74 Å². The molecule has 0 aliphatic heterocycles. The molecule has 3 nitrogen and oxygen atoms in total. The van der Waals surface area contributed by atoms with E-state index in [1.807, 2.05) is 13.8 Å². The van der Waals surface area contributed by atoms with Gasteiger partial charge < -0.3 is 4.74 Å². The molecule has 0 unspecified atom stereocenters. The smallest absolute Gasteiger partial charge is 0.151 e. The molecule has 0 N–H and O–H groups in total. The van der Waals surface area contributed by atoms with Gasteiger partial charge in [-0.15, -0.1) is 0 Å². The van der Waals surface area contributed by atoms with Crippen molar-refractivity contribution >= 4 is 34.8 Å². The molecule has 0 fully saturated rings. The molecule has 106 valence electrons. The van der Waals surface area contributed by atoms with Gasteiger partial charge in [-0.05, 0) is 26.0 Å². The minimum atomic E-state index is -0.567. The monoisotopic (exact) mass is 334 g/mol. The van der Waals surface area contributed by atoms with E-state index >= 15 is 0 Å². The lowest BCUT2D eigenvalue weighted by molar-refractivity contribution is 0.242. The number of ether oxygens (including phenoxy) is 1. The predicted octanol–water partition coefficient (Wildman–Crippen LogP) is 5.03. The van der Waals surface area contributed by atoms with E-state index in [4.69, 9.17) is 39.5 Å². The summed E-state index contributed by atoms with van der Waals surface area (Å²) in [5.74, 6) is -0.216. The summed E-state index contributed by atoms with van der Waals surface area (Å²) in [6.45, 7) is 3.68. The van der Waals surface area contributed by atoms with Gasteiger partial charge in [-0.3, -0.25) is 0 Å². The van der Waals surface area contributed by atoms with Crippen molar-refractivity contribution in [3.05, 3.63) is 39.5 Å². The lowest BCUT2D eigenvalue weighted by Crippen LogP contribution is -2.06. The zero-order chi connectivity index (χ0) is 14.9. The normalized spacial score (nSPS) is 10.9. The fourth-order valence-electron chi connectivity index (χ4n) is 1.59. The van der Waals surface area contributed by atoms with Crippen LogP contribution in [0.2, 0.25) is 15.2 Å². The summed E-state index contributed by atoms with van der Waals surface area (Å²) in [6.07, 6.45) is 1.11. The van der Waals surface area contributed by atoms with Crippen molar-refractivity contribution in [3.63, 3.8) is 0 Å². The van der Waals surface area contributed by atoms with Crippen molar-refractivity contribution < 1.29 is 9.13 Å². The van der Waals surface area contributed by atoms with E-state index in [1.54, 1.807) is 0 Å². The number of aromatic nitrogens is 2. The van der Waals surface area contributed by atoms with Gasteiger partial charge in [-0.1, -0.05) is 34.8 Å². The van der Waals surface area contributed by atoms with E-state index in [1.165, 1.54) is 12.4 Å². The highest BCUT2D eigenvalue weighted by molar-refractivity contribution is 6.42. The van der Waals surface area contributed by atoms with Gasteiger partial charge in [0.05, 0.1) is 16.8 Å². The standard InChI is InChI=1S/C13H10Cl3FN2O/c1-6(2)20-10-3-7(9(17)4-8(10)14)12-11(15)13(16)19-5-18-12/h3-6H,1-2H3. The second-order valence-corrected chi connectivity index (χ2v) is 5.40. The van der Waals surface area contributed by atoms with Gasteiger partial charge in [0, 0.05) is 5.56 Å². The van der Waals surface area contributed by atoms with E-state index in [-0.39, 0.29) is 32.6 Å². The second-order valence-electron chi connectivity index (χ2n) is 4.26. The third-order valence-electron chi connectivity index (χ3n) is 2.39. The molecule has 2 rings (SSSR count). The Balaban J connectivity index is 2.59. The summed E-state index contributed by atoms with van der Waals surface area (Å²) in [5.41, 5.74) is 0.341. The molecule has 1 aromatic heterocycles. The largest absolute Gasteiger partial charge is 0.489 e. The van der Waals surface area contributed by atoms with Gasteiger partial charge in [-0.2, -0.15) is 0 Å². The predicted molar refractivity (Wildman–Crippen MR) is 78.2 cm³/mol. The van der Waals surface area contributed by atoms with Crippen LogP contribution in [0.25, 0.3) is 11.3 Å². The Bertz CT molecular complexity index is 650. The van der Waals surface area contributed by atoms with Crippen LogP contribution >= 0.6 is 34.8 Å². The molecule has 0 aliphatic carbocycles. The summed E-state index contributed by atoms with van der Waals surface area (Å²) in [4.78, 5) is 7.68. The van der Waals surface area contributed by atoms with Gasteiger partial charge in [0.1, 0.15) is 22.9 Å². The molecular formula is C13H10Cl3FN2O. The zero-order valence-electron chi connectivity index (χ0n) is 10.6. The second kappa shape index (κ2) is 6.12. The van der Waals surface area contributed by atoms with Crippen LogP contribution in [0.15, 0.2) is 18.5 Å². The lowest BCUT2D eigenvalue weighted by Gasteiger charge is -2.14. The highest BCUT2D eigenvalue weighted by Crippen LogP contribution is 2.37. The fraction of sp³-hybridized carbons (Fsp3) is 0.231. The molecule has 2 aromatic rings. The molecule has 0 bridgehead atoms. The lowest BCUT2D eigenvalue weighted by atomic mass is 10.1. The molecule has 1 heterocycles. The summed E-state index contributed by atoms with van der Waals surface area (Å²) in [6, 6.07) is 2.60. The van der Waals surface area contributed by atoms with E-state index in [9.17, 15) is 4.39 Å². The maximum Gasteiger partial charge on any atom is 0.151 e. The van der Waals surface area contributed by atoms with Crippen LogP contribution in [0.3, 0.4) is 0 Å². The Morgan fingerprint density at radius 3 is 2.50 bits per heavy atom. The van der Waals surface area contributed by atoms with Crippen LogP contribution in [0.4, 0.5) is 4.39 Å².